The molecule has 0 radical (unpaired) electrons. The average Bonchev–Trinajstić information content (AvgIpc) is 3.06. The number of aliphatic hydroxyl groups is 1. The number of sulfonamides is 1. The van der Waals surface area contributed by atoms with E-state index in [4.69, 9.17) is 9.47 Å². The lowest BCUT2D eigenvalue weighted by atomic mass is 10.0. The fourth-order valence-electron chi connectivity index (χ4n) is 5.42. The minimum absolute atomic E-state index is 0.0948. The van der Waals surface area contributed by atoms with E-state index in [0.29, 0.717) is 30.9 Å². The molecule has 3 aromatic carbocycles. The molecule has 0 aromatic heterocycles. The Bertz CT molecular complexity index is 1550. The van der Waals surface area contributed by atoms with E-state index >= 15 is 0 Å². The second-order valence-corrected chi connectivity index (χ2v) is 13.7. The molecule has 1 aliphatic heterocycles. The zero-order valence-corrected chi connectivity index (χ0v) is 27.8. The molecule has 3 aromatic rings. The van der Waals surface area contributed by atoms with Gasteiger partial charge in [0.05, 0.1) is 35.3 Å². The van der Waals surface area contributed by atoms with Crippen molar-refractivity contribution in [2.24, 2.45) is 5.92 Å². The molecule has 1 heterocycles. The summed E-state index contributed by atoms with van der Waals surface area (Å²) in [4.78, 5) is 30.8. The number of nitrogens with one attached hydrogen (secondary N) is 1. The van der Waals surface area contributed by atoms with Crippen LogP contribution < -0.4 is 9.46 Å². The highest BCUT2D eigenvalue weighted by Gasteiger charge is 2.31. The van der Waals surface area contributed by atoms with E-state index in [0.717, 1.165) is 12.8 Å². The van der Waals surface area contributed by atoms with Gasteiger partial charge in [-0.2, -0.15) is 0 Å². The average molecular weight is 652 g/mol. The number of nitrogens with zero attached hydrogens (tertiary/aromatic N) is 2. The van der Waals surface area contributed by atoms with Gasteiger partial charge >= 0.3 is 0 Å². The SMILES string of the molecule is C[C@@H]1CN([C@@H](C)CO)C(=O)c2cc(NS(=O)(=O)c3ccccc3)ccc2O[C@@H](C)CCCCO[C@H]1CN(C)C(=O)c1ccccc1. The molecule has 4 atom stereocenters. The summed E-state index contributed by atoms with van der Waals surface area (Å²) in [5.74, 6) is -0.435. The van der Waals surface area contributed by atoms with Gasteiger partial charge in [0.25, 0.3) is 21.8 Å². The first-order valence-corrected chi connectivity index (χ1v) is 17.2. The zero-order valence-electron chi connectivity index (χ0n) is 27.0. The zero-order chi connectivity index (χ0) is 33.3. The van der Waals surface area contributed by atoms with Gasteiger partial charge in [-0.05, 0) is 75.6 Å². The van der Waals surface area contributed by atoms with Crippen molar-refractivity contribution < 1.29 is 32.6 Å². The molecule has 0 aliphatic carbocycles. The number of anilines is 1. The topological polar surface area (TPSA) is 125 Å². The van der Waals surface area contributed by atoms with E-state index in [1.165, 1.54) is 18.2 Å². The Morgan fingerprint density at radius 3 is 2.39 bits per heavy atom. The van der Waals surface area contributed by atoms with Crippen LogP contribution in [0.4, 0.5) is 5.69 Å². The van der Waals surface area contributed by atoms with Gasteiger partial charge in [0.2, 0.25) is 0 Å². The van der Waals surface area contributed by atoms with Gasteiger partial charge in [-0.1, -0.05) is 43.3 Å². The lowest BCUT2D eigenvalue weighted by Crippen LogP contribution is -2.48. The quantitative estimate of drug-likeness (QED) is 0.349. The van der Waals surface area contributed by atoms with Crippen LogP contribution in [0.3, 0.4) is 0 Å². The molecule has 0 bridgehead atoms. The number of aliphatic hydroxyl groups excluding tert-OH is 1. The first kappa shape index (κ1) is 34.9. The Balaban J connectivity index is 1.66. The van der Waals surface area contributed by atoms with Crippen LogP contribution in [0.25, 0.3) is 0 Å². The Hall–Kier alpha value is -3.93. The van der Waals surface area contributed by atoms with Crippen molar-refractivity contribution in [3.63, 3.8) is 0 Å². The molecule has 248 valence electrons. The number of rotatable bonds is 8. The molecule has 0 saturated heterocycles. The van der Waals surface area contributed by atoms with Crippen molar-refractivity contribution in [1.29, 1.82) is 0 Å². The van der Waals surface area contributed by atoms with Crippen molar-refractivity contribution in [1.82, 2.24) is 9.80 Å². The van der Waals surface area contributed by atoms with Crippen molar-refractivity contribution >= 4 is 27.5 Å². The van der Waals surface area contributed by atoms with Gasteiger partial charge in [-0.3, -0.25) is 14.3 Å². The lowest BCUT2D eigenvalue weighted by Gasteiger charge is -2.36. The maximum atomic E-state index is 14.3. The van der Waals surface area contributed by atoms with Crippen LogP contribution in [-0.4, -0.2) is 86.7 Å². The van der Waals surface area contributed by atoms with Crippen LogP contribution in [0.15, 0.2) is 83.8 Å². The van der Waals surface area contributed by atoms with Gasteiger partial charge in [0.1, 0.15) is 5.75 Å². The summed E-state index contributed by atoms with van der Waals surface area (Å²) in [6.45, 7) is 6.37. The second kappa shape index (κ2) is 16.1. The van der Waals surface area contributed by atoms with E-state index in [9.17, 15) is 23.1 Å². The summed E-state index contributed by atoms with van der Waals surface area (Å²) in [7, 11) is -2.17. The monoisotopic (exact) mass is 651 g/mol. The molecule has 0 saturated carbocycles. The summed E-state index contributed by atoms with van der Waals surface area (Å²) in [5, 5.41) is 10.2. The van der Waals surface area contributed by atoms with Gasteiger partial charge in [-0.25, -0.2) is 8.42 Å². The minimum Gasteiger partial charge on any atom is -0.490 e. The Labute approximate surface area is 272 Å². The maximum Gasteiger partial charge on any atom is 0.261 e. The fraction of sp³-hybridized carbons (Fsp3) is 0.429. The second-order valence-electron chi connectivity index (χ2n) is 12.0. The Kier molecular flexibility index (Phi) is 12.2. The highest BCUT2D eigenvalue weighted by Crippen LogP contribution is 2.29. The summed E-state index contributed by atoms with van der Waals surface area (Å²) < 4.78 is 41.4. The molecule has 0 fully saturated rings. The van der Waals surface area contributed by atoms with Crippen LogP contribution in [0.5, 0.6) is 5.75 Å². The number of ether oxygens (including phenoxy) is 2. The highest BCUT2D eigenvalue weighted by atomic mass is 32.2. The molecular formula is C35H45N3O7S. The molecule has 0 unspecified atom stereocenters. The highest BCUT2D eigenvalue weighted by molar-refractivity contribution is 7.92. The standard InChI is InChI=1S/C35H45N3O7S/c1-25-22-38(26(2)24-39)35(41)31-21-29(36-46(42,43)30-16-9-6-10-17-30)18-19-32(31)45-27(3)13-11-12-20-44-33(25)23-37(4)34(40)28-14-7-5-8-15-28/h5-10,14-19,21,25-27,33,36,39H,11-13,20,22-24H2,1-4H3/t25-,26+,27+,33+/m1/s1. The number of carbonyl (C=O) groups is 2. The first-order valence-electron chi connectivity index (χ1n) is 15.7. The van der Waals surface area contributed by atoms with Crippen LogP contribution in [0.2, 0.25) is 0 Å². The summed E-state index contributed by atoms with van der Waals surface area (Å²) >= 11 is 0. The van der Waals surface area contributed by atoms with Crippen LogP contribution in [-0.2, 0) is 14.8 Å². The predicted molar refractivity (Wildman–Crippen MR) is 178 cm³/mol. The van der Waals surface area contributed by atoms with Gasteiger partial charge in [0.15, 0.2) is 0 Å². The van der Waals surface area contributed by atoms with Crippen molar-refractivity contribution in [3.8, 4) is 5.75 Å². The van der Waals surface area contributed by atoms with Crippen molar-refractivity contribution in [3.05, 3.63) is 90.0 Å². The normalized spacial score (nSPS) is 20.5. The van der Waals surface area contributed by atoms with Crippen molar-refractivity contribution in [2.45, 2.75) is 63.2 Å². The molecule has 10 nitrogen and oxygen atoms in total. The third kappa shape index (κ3) is 9.08. The van der Waals surface area contributed by atoms with Gasteiger partial charge in [0, 0.05) is 43.9 Å². The largest absolute Gasteiger partial charge is 0.490 e. The maximum absolute atomic E-state index is 14.3. The molecule has 0 spiro atoms. The molecular weight excluding hydrogens is 606 g/mol. The predicted octanol–water partition coefficient (Wildman–Crippen LogP) is 5.06. The van der Waals surface area contributed by atoms with Crippen LogP contribution >= 0.6 is 0 Å². The molecule has 4 rings (SSSR count). The van der Waals surface area contributed by atoms with E-state index in [1.807, 2.05) is 32.0 Å². The van der Waals surface area contributed by atoms with E-state index in [1.54, 1.807) is 66.2 Å². The van der Waals surface area contributed by atoms with E-state index < -0.39 is 22.0 Å². The first-order chi connectivity index (χ1) is 22.0. The van der Waals surface area contributed by atoms with Crippen molar-refractivity contribution in [2.75, 3.05) is 38.1 Å². The summed E-state index contributed by atoms with van der Waals surface area (Å²) in [5.41, 5.74) is 0.965. The molecule has 46 heavy (non-hydrogen) atoms. The lowest BCUT2D eigenvalue weighted by molar-refractivity contribution is -0.0149. The minimum atomic E-state index is -3.91. The Morgan fingerprint density at radius 2 is 1.72 bits per heavy atom. The number of hydrogen-bond donors (Lipinski definition) is 2. The number of hydrogen-bond acceptors (Lipinski definition) is 7. The Morgan fingerprint density at radius 1 is 1.04 bits per heavy atom. The third-order valence-electron chi connectivity index (χ3n) is 8.18. The van der Waals surface area contributed by atoms with E-state index in [-0.39, 0.29) is 53.3 Å². The number of benzene rings is 3. The number of likely N-dealkylation sites (N-methyl/N-ethyl adjacent to an activating group) is 1. The van der Waals surface area contributed by atoms with Gasteiger partial charge in [-0.15, -0.1) is 0 Å². The summed E-state index contributed by atoms with van der Waals surface area (Å²) in [6.07, 6.45) is 1.71. The van der Waals surface area contributed by atoms with E-state index in [2.05, 4.69) is 4.72 Å². The number of fused-ring (bicyclic) bond motifs is 1. The van der Waals surface area contributed by atoms with Gasteiger partial charge < -0.3 is 24.4 Å². The number of carbonyl (C=O) groups excluding carboxylic acids is 2. The van der Waals surface area contributed by atoms with Crippen LogP contribution in [0, 0.1) is 5.92 Å². The van der Waals surface area contributed by atoms with Crippen LogP contribution in [0.1, 0.15) is 60.7 Å². The molecule has 2 N–H and O–H groups in total. The summed E-state index contributed by atoms with van der Waals surface area (Å²) in [6, 6.07) is 21.1. The fourth-order valence-corrected chi connectivity index (χ4v) is 6.49. The third-order valence-corrected chi connectivity index (χ3v) is 9.58. The molecule has 2 amide bonds. The smallest absolute Gasteiger partial charge is 0.261 e. The number of amides is 2. The molecule has 1 aliphatic rings. The molecule has 11 heteroatoms.